The second-order valence-corrected chi connectivity index (χ2v) is 9.22. The zero-order valence-corrected chi connectivity index (χ0v) is 16.3. The van der Waals surface area contributed by atoms with Crippen LogP contribution in [0.1, 0.15) is 24.8 Å². The maximum absolute atomic E-state index is 10.5. The van der Waals surface area contributed by atoms with Crippen molar-refractivity contribution in [3.8, 4) is 5.75 Å². The van der Waals surface area contributed by atoms with Crippen molar-refractivity contribution >= 4 is 25.6 Å². The van der Waals surface area contributed by atoms with E-state index < -0.39 is 9.15 Å². The van der Waals surface area contributed by atoms with Crippen LogP contribution in [0.2, 0.25) is 0 Å². The van der Waals surface area contributed by atoms with Gasteiger partial charge in [-0.3, -0.25) is 4.55 Å². The molecule has 1 rings (SSSR count). The van der Waals surface area contributed by atoms with E-state index in [1.807, 2.05) is 20.2 Å². The maximum Gasteiger partial charge on any atom is 0.319 e. The summed E-state index contributed by atoms with van der Waals surface area (Å²) in [7, 11) is 0.682. The average molecular weight is 377 g/mol. The van der Waals surface area contributed by atoms with Gasteiger partial charge in [0.05, 0.1) is 6.61 Å². The van der Waals surface area contributed by atoms with Gasteiger partial charge in [0.25, 0.3) is 0 Å². The van der Waals surface area contributed by atoms with E-state index >= 15 is 0 Å². The average Bonchev–Trinajstić information content (AvgIpc) is 2.49. The van der Waals surface area contributed by atoms with E-state index in [9.17, 15) is 8.42 Å². The molecule has 0 spiro atoms. The monoisotopic (exact) mass is 376 g/mol. The number of anilines is 1. The van der Waals surface area contributed by atoms with Gasteiger partial charge in [0.15, 0.2) is 0 Å². The lowest BCUT2D eigenvalue weighted by Gasteiger charge is -2.17. The van der Waals surface area contributed by atoms with Crippen molar-refractivity contribution in [3.05, 3.63) is 23.8 Å². The minimum atomic E-state index is -3.91. The number of benzene rings is 1. The molecule has 6 nitrogen and oxygen atoms in total. The summed E-state index contributed by atoms with van der Waals surface area (Å²) in [6.07, 6.45) is 3.04. The zero-order valence-electron chi connectivity index (χ0n) is 14.6. The zero-order chi connectivity index (χ0) is 18.0. The highest BCUT2D eigenvalue weighted by Gasteiger charge is 2.04. The number of aryl methyl sites for hydroxylation is 1. The first-order valence-corrected chi connectivity index (χ1v) is 11.0. The molecule has 0 unspecified atom stereocenters. The topological polar surface area (TPSA) is 78.9 Å². The van der Waals surface area contributed by atoms with Crippen molar-refractivity contribution in [1.29, 1.82) is 0 Å². The maximum atomic E-state index is 10.5. The van der Waals surface area contributed by atoms with Gasteiger partial charge in [-0.15, -0.1) is 0 Å². The molecule has 2 N–H and O–H groups in total. The molecule has 0 amide bonds. The van der Waals surface area contributed by atoms with Crippen LogP contribution < -0.4 is 15.0 Å². The standard InChI is InChI=1S/C16H28N2O4S2/c1-14-7-8-15(13-16(14)18(2)3)22-11-6-4-5-9-17-10-12-23-24(19,20)21/h7-8,13,17H,4-6,9-12H2,1-3H3,(H,19,20,21). The van der Waals surface area contributed by atoms with Crippen LogP contribution in [-0.4, -0.2) is 52.5 Å². The lowest BCUT2D eigenvalue weighted by molar-refractivity contribution is 0.305. The molecule has 0 saturated heterocycles. The van der Waals surface area contributed by atoms with E-state index in [2.05, 4.69) is 29.3 Å². The van der Waals surface area contributed by atoms with Gasteiger partial charge in [-0.2, -0.15) is 8.42 Å². The lowest BCUT2D eigenvalue weighted by atomic mass is 10.2. The molecule has 1 aromatic carbocycles. The molecule has 0 aliphatic rings. The Morgan fingerprint density at radius 2 is 1.96 bits per heavy atom. The van der Waals surface area contributed by atoms with Crippen LogP contribution in [0, 0.1) is 6.92 Å². The van der Waals surface area contributed by atoms with Gasteiger partial charge in [0.1, 0.15) is 5.75 Å². The van der Waals surface area contributed by atoms with Crippen molar-refractivity contribution in [1.82, 2.24) is 5.32 Å². The first-order valence-electron chi connectivity index (χ1n) is 8.03. The van der Waals surface area contributed by atoms with E-state index in [4.69, 9.17) is 9.29 Å². The minimum Gasteiger partial charge on any atom is -0.494 e. The Morgan fingerprint density at radius 1 is 1.21 bits per heavy atom. The van der Waals surface area contributed by atoms with E-state index in [1.165, 1.54) is 11.3 Å². The lowest BCUT2D eigenvalue weighted by Crippen LogP contribution is -2.19. The Balaban J connectivity index is 2.07. The molecule has 0 fully saturated rings. The number of hydrogen-bond acceptors (Lipinski definition) is 6. The molecule has 8 heteroatoms. The highest BCUT2D eigenvalue weighted by Crippen LogP contribution is 2.24. The van der Waals surface area contributed by atoms with Crippen molar-refractivity contribution < 1.29 is 17.7 Å². The smallest absolute Gasteiger partial charge is 0.319 e. The van der Waals surface area contributed by atoms with E-state index in [0.717, 1.165) is 31.6 Å². The first-order chi connectivity index (χ1) is 11.3. The third-order valence-corrected chi connectivity index (χ3v) is 5.50. The van der Waals surface area contributed by atoms with Crippen LogP contribution in [0.15, 0.2) is 18.2 Å². The molecule has 0 radical (unpaired) electrons. The second-order valence-electron chi connectivity index (χ2n) is 5.75. The van der Waals surface area contributed by atoms with Crippen molar-refractivity contribution in [3.63, 3.8) is 0 Å². The van der Waals surface area contributed by atoms with E-state index in [1.54, 1.807) is 0 Å². The van der Waals surface area contributed by atoms with Crippen molar-refractivity contribution in [2.24, 2.45) is 0 Å². The summed E-state index contributed by atoms with van der Waals surface area (Å²) in [4.78, 5) is 2.08. The van der Waals surface area contributed by atoms with Crippen LogP contribution in [0.3, 0.4) is 0 Å². The Morgan fingerprint density at radius 3 is 2.62 bits per heavy atom. The largest absolute Gasteiger partial charge is 0.494 e. The molecule has 0 aliphatic carbocycles. The van der Waals surface area contributed by atoms with Gasteiger partial charge in [-0.05, 0) is 55.2 Å². The van der Waals surface area contributed by atoms with Gasteiger partial charge in [-0.1, -0.05) is 6.07 Å². The van der Waals surface area contributed by atoms with Gasteiger partial charge in [-0.25, -0.2) is 0 Å². The van der Waals surface area contributed by atoms with Crippen LogP contribution >= 0.6 is 10.8 Å². The number of hydrogen-bond donors (Lipinski definition) is 2. The number of rotatable bonds is 12. The van der Waals surface area contributed by atoms with Gasteiger partial charge < -0.3 is 15.0 Å². The fraction of sp³-hybridized carbons (Fsp3) is 0.625. The highest BCUT2D eigenvalue weighted by molar-refractivity contribution is 8.69. The summed E-state index contributed by atoms with van der Waals surface area (Å²) in [6, 6.07) is 6.12. The van der Waals surface area contributed by atoms with Crippen molar-refractivity contribution in [2.75, 3.05) is 44.4 Å². The number of ether oxygens (including phenoxy) is 1. The Bertz CT molecular complexity index is 592. The third-order valence-electron chi connectivity index (χ3n) is 3.44. The van der Waals surface area contributed by atoms with Gasteiger partial charge in [0.2, 0.25) is 0 Å². The summed E-state index contributed by atoms with van der Waals surface area (Å²) in [5.41, 5.74) is 2.39. The highest BCUT2D eigenvalue weighted by atomic mass is 33.1. The summed E-state index contributed by atoms with van der Waals surface area (Å²) in [5, 5.41) is 3.15. The SMILES string of the molecule is Cc1ccc(OCCCCCNCCSS(=O)(=O)O)cc1N(C)C. The van der Waals surface area contributed by atoms with Gasteiger partial charge >= 0.3 is 9.15 Å². The summed E-state index contributed by atoms with van der Waals surface area (Å²) >= 11 is 0. The predicted octanol–water partition coefficient (Wildman–Crippen LogP) is 2.74. The van der Waals surface area contributed by atoms with Crippen molar-refractivity contribution in [2.45, 2.75) is 26.2 Å². The summed E-state index contributed by atoms with van der Waals surface area (Å²) < 4.78 is 35.4. The molecule has 0 atom stereocenters. The van der Waals surface area contributed by atoms with Crippen LogP contribution in [0.5, 0.6) is 5.75 Å². The number of unbranched alkanes of at least 4 members (excludes halogenated alkanes) is 2. The Hall–Kier alpha value is -0.960. The molecule has 24 heavy (non-hydrogen) atoms. The molecule has 0 heterocycles. The molecule has 0 saturated carbocycles. The Labute approximate surface area is 149 Å². The summed E-state index contributed by atoms with van der Waals surface area (Å²) in [6.45, 7) is 4.17. The molecular weight excluding hydrogens is 348 g/mol. The Kier molecular flexibility index (Phi) is 9.50. The molecule has 0 bridgehead atoms. The molecule has 0 aromatic heterocycles. The molecule has 1 aromatic rings. The normalized spacial score (nSPS) is 11.5. The second kappa shape index (κ2) is 10.8. The number of nitrogens with zero attached hydrogens (tertiary/aromatic N) is 1. The summed E-state index contributed by atoms with van der Waals surface area (Å²) in [5.74, 6) is 1.24. The minimum absolute atomic E-state index is 0.351. The number of nitrogens with one attached hydrogen (secondary N) is 1. The molecule has 0 aliphatic heterocycles. The third kappa shape index (κ3) is 9.36. The van der Waals surface area contributed by atoms with Crippen LogP contribution in [-0.2, 0) is 9.15 Å². The predicted molar refractivity (Wildman–Crippen MR) is 102 cm³/mol. The fourth-order valence-electron chi connectivity index (χ4n) is 2.22. The quantitative estimate of drug-likeness (QED) is 0.330. The fourth-order valence-corrected chi connectivity index (χ4v) is 3.54. The molecule has 138 valence electrons. The van der Waals surface area contributed by atoms with E-state index in [0.29, 0.717) is 29.7 Å². The van der Waals surface area contributed by atoms with Crippen LogP contribution in [0.25, 0.3) is 0 Å². The van der Waals surface area contributed by atoms with E-state index in [-0.39, 0.29) is 0 Å². The van der Waals surface area contributed by atoms with Gasteiger partial charge in [0, 0.05) is 38.1 Å². The van der Waals surface area contributed by atoms with Crippen LogP contribution in [0.4, 0.5) is 5.69 Å². The molecular formula is C16H28N2O4S2. The first kappa shape index (κ1) is 21.1.